The lowest BCUT2D eigenvalue weighted by molar-refractivity contribution is 0.0690. The Labute approximate surface area is 109 Å². The lowest BCUT2D eigenvalue weighted by Gasteiger charge is -2.01. The Hall–Kier alpha value is -2.22. The molecule has 0 spiro atoms. The number of nitrogens with one attached hydrogen (secondary N) is 2. The van der Waals surface area contributed by atoms with Gasteiger partial charge in [0.1, 0.15) is 10.3 Å². The number of halogens is 1. The van der Waals surface area contributed by atoms with Gasteiger partial charge >= 0.3 is 5.97 Å². The minimum Gasteiger partial charge on any atom is -0.477 e. The van der Waals surface area contributed by atoms with E-state index in [1.165, 1.54) is 18.3 Å². The predicted molar refractivity (Wildman–Crippen MR) is 65.4 cm³/mol. The van der Waals surface area contributed by atoms with Crippen molar-refractivity contribution in [3.8, 4) is 0 Å². The van der Waals surface area contributed by atoms with Gasteiger partial charge in [-0.25, -0.2) is 9.78 Å². The molecule has 7 nitrogen and oxygen atoms in total. The minimum absolute atomic E-state index is 0.0961. The van der Waals surface area contributed by atoms with Gasteiger partial charge in [0.2, 0.25) is 0 Å². The molecule has 2 rings (SSSR count). The zero-order valence-electron chi connectivity index (χ0n) is 8.85. The van der Waals surface area contributed by atoms with Crippen LogP contribution in [-0.2, 0) is 0 Å². The highest BCUT2D eigenvalue weighted by Gasteiger charge is 2.11. The van der Waals surface area contributed by atoms with Crippen LogP contribution in [0, 0.1) is 0 Å². The SMILES string of the molecule is O=C(Nc1cc(C(=O)O)[nH]n1)c1ccnc(Br)c1. The molecular weight excluding hydrogens is 304 g/mol. The Kier molecular flexibility index (Phi) is 3.38. The highest BCUT2D eigenvalue weighted by Crippen LogP contribution is 2.11. The molecule has 0 saturated heterocycles. The molecule has 0 aliphatic carbocycles. The molecule has 0 radical (unpaired) electrons. The number of nitrogens with zero attached hydrogens (tertiary/aromatic N) is 2. The number of amides is 1. The molecule has 3 N–H and O–H groups in total. The molecule has 0 bridgehead atoms. The van der Waals surface area contributed by atoms with Crippen molar-refractivity contribution in [1.29, 1.82) is 0 Å². The standard InChI is InChI=1S/C10H7BrN4O3/c11-7-3-5(1-2-12-7)9(16)13-8-4-6(10(17)18)14-15-8/h1-4H,(H,17,18)(H2,13,14,15,16). The molecule has 0 aliphatic rings. The van der Waals surface area contributed by atoms with E-state index in [9.17, 15) is 9.59 Å². The number of hydrogen-bond donors (Lipinski definition) is 3. The van der Waals surface area contributed by atoms with Gasteiger partial charge in [-0.1, -0.05) is 0 Å². The van der Waals surface area contributed by atoms with Crippen LogP contribution in [0.2, 0.25) is 0 Å². The first-order valence-corrected chi connectivity index (χ1v) is 5.57. The summed E-state index contributed by atoms with van der Waals surface area (Å²) in [6.45, 7) is 0. The number of carbonyl (C=O) groups excluding carboxylic acids is 1. The quantitative estimate of drug-likeness (QED) is 0.745. The molecule has 8 heteroatoms. The van der Waals surface area contributed by atoms with E-state index in [0.717, 1.165) is 0 Å². The van der Waals surface area contributed by atoms with E-state index in [-0.39, 0.29) is 11.5 Å². The molecule has 1 amide bonds. The van der Waals surface area contributed by atoms with Crippen LogP contribution in [0.25, 0.3) is 0 Å². The normalized spacial score (nSPS) is 10.1. The monoisotopic (exact) mass is 310 g/mol. The van der Waals surface area contributed by atoms with E-state index in [0.29, 0.717) is 10.2 Å². The largest absolute Gasteiger partial charge is 0.477 e. The first kappa shape index (κ1) is 12.2. The van der Waals surface area contributed by atoms with E-state index in [4.69, 9.17) is 5.11 Å². The molecule has 92 valence electrons. The second-order valence-corrected chi connectivity index (χ2v) is 4.11. The summed E-state index contributed by atoms with van der Waals surface area (Å²) in [5, 5.41) is 17.1. The van der Waals surface area contributed by atoms with Gasteiger partial charge in [-0.2, -0.15) is 5.10 Å². The van der Waals surface area contributed by atoms with Crippen molar-refractivity contribution in [2.75, 3.05) is 5.32 Å². The highest BCUT2D eigenvalue weighted by molar-refractivity contribution is 9.10. The van der Waals surface area contributed by atoms with Gasteiger partial charge in [-0.05, 0) is 28.1 Å². The van der Waals surface area contributed by atoms with Crippen LogP contribution in [0.4, 0.5) is 5.82 Å². The van der Waals surface area contributed by atoms with Crippen molar-refractivity contribution in [3.63, 3.8) is 0 Å². The van der Waals surface area contributed by atoms with Crippen molar-refractivity contribution in [1.82, 2.24) is 15.2 Å². The predicted octanol–water partition coefficient (Wildman–Crippen LogP) is 1.52. The molecule has 2 aromatic heterocycles. The molecule has 2 aromatic rings. The summed E-state index contributed by atoms with van der Waals surface area (Å²) in [5.74, 6) is -1.40. The number of hydrogen-bond acceptors (Lipinski definition) is 4. The van der Waals surface area contributed by atoms with E-state index in [1.807, 2.05) is 0 Å². The molecule has 0 unspecified atom stereocenters. The topological polar surface area (TPSA) is 108 Å². The summed E-state index contributed by atoms with van der Waals surface area (Å²) in [4.78, 5) is 26.3. The zero-order chi connectivity index (χ0) is 13.1. The number of anilines is 1. The van der Waals surface area contributed by atoms with Crippen LogP contribution in [-0.4, -0.2) is 32.2 Å². The number of aromatic nitrogens is 3. The van der Waals surface area contributed by atoms with Crippen LogP contribution < -0.4 is 5.32 Å². The van der Waals surface area contributed by atoms with Crippen molar-refractivity contribution in [2.45, 2.75) is 0 Å². The Morgan fingerprint density at radius 2 is 2.17 bits per heavy atom. The number of carbonyl (C=O) groups is 2. The van der Waals surface area contributed by atoms with E-state index < -0.39 is 11.9 Å². The van der Waals surface area contributed by atoms with Crippen molar-refractivity contribution in [2.24, 2.45) is 0 Å². The van der Waals surface area contributed by atoms with Gasteiger partial charge in [0.05, 0.1) is 0 Å². The summed E-state index contributed by atoms with van der Waals surface area (Å²) >= 11 is 3.15. The van der Waals surface area contributed by atoms with Crippen LogP contribution in [0.15, 0.2) is 29.0 Å². The van der Waals surface area contributed by atoms with Gasteiger partial charge in [0.15, 0.2) is 5.82 Å². The van der Waals surface area contributed by atoms with Crippen molar-refractivity contribution < 1.29 is 14.7 Å². The molecule has 0 aromatic carbocycles. The Morgan fingerprint density at radius 3 is 2.78 bits per heavy atom. The van der Waals surface area contributed by atoms with Gasteiger partial charge in [-0.3, -0.25) is 9.89 Å². The second kappa shape index (κ2) is 4.96. The second-order valence-electron chi connectivity index (χ2n) is 3.29. The lowest BCUT2D eigenvalue weighted by atomic mass is 10.2. The van der Waals surface area contributed by atoms with Crippen LogP contribution in [0.3, 0.4) is 0 Å². The van der Waals surface area contributed by atoms with E-state index in [1.54, 1.807) is 6.07 Å². The number of aromatic amines is 1. The van der Waals surface area contributed by atoms with Gasteiger partial charge in [0, 0.05) is 17.8 Å². The molecule has 18 heavy (non-hydrogen) atoms. The van der Waals surface area contributed by atoms with Gasteiger partial charge < -0.3 is 10.4 Å². The number of aromatic carboxylic acids is 1. The van der Waals surface area contributed by atoms with Gasteiger partial charge in [-0.15, -0.1) is 0 Å². The number of carboxylic acid groups (broad SMARTS) is 1. The van der Waals surface area contributed by atoms with Crippen molar-refractivity contribution in [3.05, 3.63) is 40.3 Å². The third-order valence-electron chi connectivity index (χ3n) is 2.04. The number of pyridine rings is 1. The Balaban J connectivity index is 2.13. The van der Waals surface area contributed by atoms with Crippen LogP contribution in [0.5, 0.6) is 0 Å². The maximum Gasteiger partial charge on any atom is 0.353 e. The molecule has 0 saturated carbocycles. The average molecular weight is 311 g/mol. The third kappa shape index (κ3) is 2.72. The molecule has 0 atom stereocenters. The fourth-order valence-corrected chi connectivity index (χ4v) is 1.59. The van der Waals surface area contributed by atoms with Crippen LogP contribution >= 0.6 is 15.9 Å². The minimum atomic E-state index is -1.14. The Bertz CT molecular complexity index is 611. The summed E-state index contributed by atoms with van der Waals surface area (Å²) in [5.41, 5.74) is 0.290. The molecule has 2 heterocycles. The lowest BCUT2D eigenvalue weighted by Crippen LogP contribution is -2.12. The number of rotatable bonds is 3. The summed E-state index contributed by atoms with van der Waals surface area (Å²) in [7, 11) is 0. The summed E-state index contributed by atoms with van der Waals surface area (Å²) < 4.78 is 0.531. The van der Waals surface area contributed by atoms with Gasteiger partial charge in [0.25, 0.3) is 5.91 Å². The first-order chi connectivity index (χ1) is 8.56. The average Bonchev–Trinajstić information content (AvgIpc) is 2.77. The zero-order valence-corrected chi connectivity index (χ0v) is 10.4. The highest BCUT2D eigenvalue weighted by atomic mass is 79.9. The summed E-state index contributed by atoms with van der Waals surface area (Å²) in [6.07, 6.45) is 1.48. The van der Waals surface area contributed by atoms with Crippen molar-refractivity contribution >= 4 is 33.6 Å². The molecule has 0 aliphatic heterocycles. The van der Waals surface area contributed by atoms with E-state index in [2.05, 4.69) is 36.4 Å². The molecular formula is C10H7BrN4O3. The Morgan fingerprint density at radius 1 is 1.39 bits per heavy atom. The molecule has 0 fully saturated rings. The summed E-state index contributed by atoms with van der Waals surface area (Å²) in [6, 6.07) is 4.31. The maximum absolute atomic E-state index is 11.8. The fraction of sp³-hybridized carbons (Fsp3) is 0. The number of H-pyrrole nitrogens is 1. The van der Waals surface area contributed by atoms with E-state index >= 15 is 0 Å². The number of carboxylic acids is 1. The first-order valence-electron chi connectivity index (χ1n) is 4.78. The maximum atomic E-state index is 11.8. The smallest absolute Gasteiger partial charge is 0.353 e. The van der Waals surface area contributed by atoms with Crippen LogP contribution in [0.1, 0.15) is 20.8 Å². The fourth-order valence-electron chi connectivity index (χ4n) is 1.23. The third-order valence-corrected chi connectivity index (χ3v) is 2.47.